The first-order chi connectivity index (χ1) is 12.0. The highest BCUT2D eigenvalue weighted by molar-refractivity contribution is 6.06. The third-order valence-corrected chi connectivity index (χ3v) is 4.44. The number of hydrogen-bond acceptors (Lipinski definition) is 2. The van der Waals surface area contributed by atoms with Crippen molar-refractivity contribution in [3.63, 3.8) is 0 Å². The van der Waals surface area contributed by atoms with Crippen LogP contribution in [0.2, 0.25) is 0 Å². The van der Waals surface area contributed by atoms with E-state index in [2.05, 4.69) is 10.6 Å². The number of anilines is 1. The molecule has 128 valence electrons. The first-order valence-corrected chi connectivity index (χ1v) is 8.15. The molecule has 5 nitrogen and oxygen atoms in total. The van der Waals surface area contributed by atoms with Gasteiger partial charge in [-0.3, -0.25) is 4.79 Å². The van der Waals surface area contributed by atoms with Gasteiger partial charge in [-0.15, -0.1) is 0 Å². The number of carbonyl (C=O) groups is 2. The lowest BCUT2D eigenvalue weighted by Gasteiger charge is -2.33. The van der Waals surface area contributed by atoms with Gasteiger partial charge >= 0.3 is 6.03 Å². The molecule has 1 aliphatic rings. The molecule has 5 heteroatoms. The van der Waals surface area contributed by atoms with Crippen LogP contribution in [0.3, 0.4) is 0 Å². The monoisotopic (exact) mass is 335 g/mol. The lowest BCUT2D eigenvalue weighted by molar-refractivity contribution is -0.113. The maximum Gasteiger partial charge on any atom is 0.322 e. The fourth-order valence-corrected chi connectivity index (χ4v) is 2.86. The Labute approximate surface area is 147 Å². The van der Waals surface area contributed by atoms with Crippen LogP contribution in [0.5, 0.6) is 0 Å². The van der Waals surface area contributed by atoms with E-state index >= 15 is 0 Å². The smallest absolute Gasteiger partial charge is 0.322 e. The molecule has 2 aromatic carbocycles. The minimum absolute atomic E-state index is 0.220. The highest BCUT2D eigenvalue weighted by Gasteiger charge is 2.33. The van der Waals surface area contributed by atoms with Gasteiger partial charge in [0.05, 0.1) is 11.6 Å². The van der Waals surface area contributed by atoms with Crippen molar-refractivity contribution in [1.82, 2.24) is 10.2 Å². The fraction of sp³-hybridized carbons (Fsp3) is 0.200. The highest BCUT2D eigenvalue weighted by atomic mass is 16.2. The minimum atomic E-state index is -0.477. The first-order valence-electron chi connectivity index (χ1n) is 8.15. The summed E-state index contributed by atoms with van der Waals surface area (Å²) in [6, 6.07) is 16.4. The van der Waals surface area contributed by atoms with Gasteiger partial charge in [0.15, 0.2) is 0 Å². The lowest BCUT2D eigenvalue weighted by Crippen LogP contribution is -2.46. The fourth-order valence-electron chi connectivity index (χ4n) is 2.86. The molecule has 0 fully saturated rings. The summed E-state index contributed by atoms with van der Waals surface area (Å²) in [5, 5.41) is 5.84. The van der Waals surface area contributed by atoms with Gasteiger partial charge in [0.25, 0.3) is 5.91 Å². The van der Waals surface area contributed by atoms with E-state index in [4.69, 9.17) is 0 Å². The first kappa shape index (κ1) is 16.8. The Bertz CT molecular complexity index is 826. The lowest BCUT2D eigenvalue weighted by atomic mass is 9.94. The van der Waals surface area contributed by atoms with Crippen molar-refractivity contribution in [2.75, 3.05) is 12.4 Å². The summed E-state index contributed by atoms with van der Waals surface area (Å²) < 4.78 is 0. The second-order valence-corrected chi connectivity index (χ2v) is 6.17. The Hall–Kier alpha value is -3.08. The second-order valence-electron chi connectivity index (χ2n) is 6.17. The van der Waals surface area contributed by atoms with E-state index in [-0.39, 0.29) is 11.9 Å². The van der Waals surface area contributed by atoms with Gasteiger partial charge in [-0.05, 0) is 31.5 Å². The van der Waals surface area contributed by atoms with Crippen LogP contribution in [-0.2, 0) is 4.79 Å². The van der Waals surface area contributed by atoms with E-state index in [0.29, 0.717) is 11.3 Å². The molecular formula is C20H21N3O2. The molecule has 0 aliphatic carbocycles. The molecule has 0 aromatic heterocycles. The molecule has 2 N–H and O–H groups in total. The second kappa shape index (κ2) is 6.81. The standard InChI is InChI=1S/C20H21N3O2/c1-13-9-11-16(12-10-13)21-19(24)17-14(2)23(3)20(25)22-18(17)15-7-5-4-6-8-15/h4-12,18H,1-3H3,(H,21,24)(H,22,25)/t18-/m1/s1. The zero-order valence-corrected chi connectivity index (χ0v) is 14.5. The quantitative estimate of drug-likeness (QED) is 0.900. The van der Waals surface area contributed by atoms with E-state index in [1.807, 2.05) is 61.5 Å². The number of rotatable bonds is 3. The minimum Gasteiger partial charge on any atom is -0.327 e. The van der Waals surface area contributed by atoms with Crippen LogP contribution >= 0.6 is 0 Å². The van der Waals surface area contributed by atoms with Crippen LogP contribution in [0.15, 0.2) is 65.9 Å². The number of hydrogen-bond donors (Lipinski definition) is 2. The van der Waals surface area contributed by atoms with Crippen molar-refractivity contribution >= 4 is 17.6 Å². The zero-order valence-electron chi connectivity index (χ0n) is 14.5. The van der Waals surface area contributed by atoms with Gasteiger partial charge in [0, 0.05) is 18.4 Å². The number of carbonyl (C=O) groups excluding carboxylic acids is 2. The van der Waals surface area contributed by atoms with E-state index in [1.165, 1.54) is 4.90 Å². The van der Waals surface area contributed by atoms with Crippen LogP contribution < -0.4 is 10.6 Å². The van der Waals surface area contributed by atoms with Crippen LogP contribution in [0.4, 0.5) is 10.5 Å². The van der Waals surface area contributed by atoms with Crippen molar-refractivity contribution in [3.8, 4) is 0 Å². The number of amides is 3. The van der Waals surface area contributed by atoms with Crippen molar-refractivity contribution in [2.24, 2.45) is 0 Å². The van der Waals surface area contributed by atoms with Crippen LogP contribution in [0.1, 0.15) is 24.1 Å². The van der Waals surface area contributed by atoms with Gasteiger partial charge in [-0.2, -0.15) is 0 Å². The predicted octanol–water partition coefficient (Wildman–Crippen LogP) is 3.60. The van der Waals surface area contributed by atoms with Gasteiger partial charge in [0.1, 0.15) is 0 Å². The van der Waals surface area contributed by atoms with Crippen molar-refractivity contribution in [2.45, 2.75) is 19.9 Å². The molecule has 1 atom stereocenters. The predicted molar refractivity (Wildman–Crippen MR) is 98.0 cm³/mol. The molecule has 1 heterocycles. The largest absolute Gasteiger partial charge is 0.327 e. The maximum absolute atomic E-state index is 13.0. The summed E-state index contributed by atoms with van der Waals surface area (Å²) in [6.07, 6.45) is 0. The maximum atomic E-state index is 13.0. The van der Waals surface area contributed by atoms with Gasteiger partial charge in [-0.25, -0.2) is 4.79 Å². The van der Waals surface area contributed by atoms with E-state index in [1.54, 1.807) is 14.0 Å². The molecule has 3 rings (SSSR count). The van der Waals surface area contributed by atoms with Crippen molar-refractivity contribution < 1.29 is 9.59 Å². The molecule has 25 heavy (non-hydrogen) atoms. The Balaban J connectivity index is 1.97. The summed E-state index contributed by atoms with van der Waals surface area (Å²) >= 11 is 0. The number of aryl methyl sites for hydroxylation is 1. The number of nitrogens with one attached hydrogen (secondary N) is 2. The molecule has 0 unspecified atom stereocenters. The van der Waals surface area contributed by atoms with Gasteiger partial charge in [-0.1, -0.05) is 48.0 Å². The Morgan fingerprint density at radius 1 is 1.04 bits per heavy atom. The Morgan fingerprint density at radius 3 is 2.32 bits per heavy atom. The SMILES string of the molecule is CC1=C(C(=O)Nc2ccc(C)cc2)[C@@H](c2ccccc2)NC(=O)N1C. The average molecular weight is 335 g/mol. The zero-order chi connectivity index (χ0) is 18.0. The molecule has 0 radical (unpaired) electrons. The van der Waals surface area contributed by atoms with Crippen molar-refractivity contribution in [3.05, 3.63) is 77.0 Å². The highest BCUT2D eigenvalue weighted by Crippen LogP contribution is 2.30. The van der Waals surface area contributed by atoms with Gasteiger partial charge in [0.2, 0.25) is 0 Å². The van der Waals surface area contributed by atoms with Gasteiger partial charge < -0.3 is 15.5 Å². The molecule has 0 saturated heterocycles. The molecule has 2 aromatic rings. The summed E-state index contributed by atoms with van der Waals surface area (Å²) in [7, 11) is 1.66. The number of benzene rings is 2. The van der Waals surface area contributed by atoms with E-state index in [0.717, 1.165) is 16.8 Å². The average Bonchev–Trinajstić information content (AvgIpc) is 2.62. The molecule has 0 saturated carbocycles. The third kappa shape index (κ3) is 3.40. The van der Waals surface area contributed by atoms with E-state index in [9.17, 15) is 9.59 Å². The van der Waals surface area contributed by atoms with Crippen LogP contribution in [0.25, 0.3) is 0 Å². The molecule has 0 spiro atoms. The third-order valence-electron chi connectivity index (χ3n) is 4.44. The topological polar surface area (TPSA) is 61.4 Å². The van der Waals surface area contributed by atoms with Crippen LogP contribution in [-0.4, -0.2) is 23.9 Å². The Morgan fingerprint density at radius 2 is 1.68 bits per heavy atom. The molecule has 0 bridgehead atoms. The summed E-state index contributed by atoms with van der Waals surface area (Å²) in [6.45, 7) is 3.79. The number of nitrogens with zero attached hydrogens (tertiary/aromatic N) is 1. The molecule has 3 amide bonds. The summed E-state index contributed by atoms with van der Waals surface area (Å²) in [4.78, 5) is 26.6. The Kier molecular flexibility index (Phi) is 4.57. The summed E-state index contributed by atoms with van der Waals surface area (Å²) in [5.41, 5.74) is 3.90. The normalized spacial score (nSPS) is 17.3. The van der Waals surface area contributed by atoms with Crippen molar-refractivity contribution in [1.29, 1.82) is 0 Å². The number of urea groups is 1. The molecular weight excluding hydrogens is 314 g/mol. The molecule has 1 aliphatic heterocycles. The summed E-state index contributed by atoms with van der Waals surface area (Å²) in [5.74, 6) is -0.220. The number of allylic oxidation sites excluding steroid dienone is 1. The van der Waals surface area contributed by atoms with Crippen LogP contribution in [0, 0.1) is 6.92 Å². The van der Waals surface area contributed by atoms with E-state index < -0.39 is 6.04 Å².